The second-order valence-electron chi connectivity index (χ2n) is 7.02. The summed E-state index contributed by atoms with van der Waals surface area (Å²) in [6, 6.07) is 5.59. The molecular weight excluding hydrogens is 343 g/mol. The molecule has 0 amide bonds. The van der Waals surface area contributed by atoms with Gasteiger partial charge in [-0.1, -0.05) is 6.07 Å². The summed E-state index contributed by atoms with van der Waals surface area (Å²) in [5.41, 5.74) is -0.827. The van der Waals surface area contributed by atoms with E-state index in [4.69, 9.17) is 0 Å². The number of rotatable bonds is 7. The highest BCUT2D eigenvalue weighted by Crippen LogP contribution is 2.32. The van der Waals surface area contributed by atoms with Crippen molar-refractivity contribution in [3.05, 3.63) is 30.0 Å². The Kier molecular flexibility index (Phi) is 4.42. The van der Waals surface area contributed by atoms with Crippen molar-refractivity contribution in [3.8, 4) is 11.5 Å². The highest BCUT2D eigenvalue weighted by Gasteiger charge is 2.32. The minimum atomic E-state index is -4.50. The van der Waals surface area contributed by atoms with E-state index in [2.05, 4.69) is 25.6 Å². The summed E-state index contributed by atoms with van der Waals surface area (Å²) in [5.74, 6) is 2.72. The first-order valence-corrected chi connectivity index (χ1v) is 8.89. The van der Waals surface area contributed by atoms with Crippen molar-refractivity contribution in [1.29, 1.82) is 0 Å². The molecular formula is C18H20F3N5. The number of nitrogens with one attached hydrogen (secondary N) is 2. The SMILES string of the molecule is FC(F)(F)c1cccc(-c2nc(NCC3CC3)cc(NCC3CC3)n2)n1. The number of halogens is 3. The molecule has 2 saturated carbocycles. The largest absolute Gasteiger partial charge is 0.433 e. The lowest BCUT2D eigenvalue weighted by molar-refractivity contribution is -0.141. The van der Waals surface area contributed by atoms with Gasteiger partial charge in [0, 0.05) is 19.2 Å². The number of anilines is 2. The van der Waals surface area contributed by atoms with E-state index >= 15 is 0 Å². The third-order valence-electron chi connectivity index (χ3n) is 4.53. The van der Waals surface area contributed by atoms with E-state index in [-0.39, 0.29) is 11.5 Å². The molecule has 0 aliphatic heterocycles. The minimum absolute atomic E-state index is 0.115. The second kappa shape index (κ2) is 6.74. The van der Waals surface area contributed by atoms with Gasteiger partial charge in [-0.15, -0.1) is 0 Å². The Hall–Kier alpha value is -2.38. The van der Waals surface area contributed by atoms with Crippen LogP contribution in [-0.2, 0) is 6.18 Å². The van der Waals surface area contributed by atoms with Crippen molar-refractivity contribution in [1.82, 2.24) is 15.0 Å². The highest BCUT2D eigenvalue weighted by molar-refractivity contribution is 5.58. The summed E-state index contributed by atoms with van der Waals surface area (Å²) in [6.45, 7) is 1.63. The average Bonchev–Trinajstić information content (AvgIpc) is 3.52. The third-order valence-corrected chi connectivity index (χ3v) is 4.53. The standard InChI is InChI=1S/C18H20F3N5/c19-18(20,21)14-3-1-2-13(24-14)17-25-15(22-9-11-4-5-11)8-16(26-17)23-10-12-6-7-12/h1-3,8,11-12H,4-7,9-10H2,(H2,22,23,25,26). The molecule has 2 N–H and O–H groups in total. The lowest BCUT2D eigenvalue weighted by atomic mass is 10.2. The fraction of sp³-hybridized carbons (Fsp3) is 0.500. The summed E-state index contributed by atoms with van der Waals surface area (Å²) < 4.78 is 38.8. The lowest BCUT2D eigenvalue weighted by Gasteiger charge is -2.12. The predicted molar refractivity (Wildman–Crippen MR) is 92.7 cm³/mol. The minimum Gasteiger partial charge on any atom is -0.370 e. The molecule has 8 heteroatoms. The van der Waals surface area contributed by atoms with Gasteiger partial charge in [0.25, 0.3) is 0 Å². The molecule has 0 aromatic carbocycles. The van der Waals surface area contributed by atoms with Crippen LogP contribution in [0, 0.1) is 11.8 Å². The van der Waals surface area contributed by atoms with Crippen molar-refractivity contribution in [2.75, 3.05) is 23.7 Å². The number of nitrogens with zero attached hydrogens (tertiary/aromatic N) is 3. The molecule has 5 nitrogen and oxygen atoms in total. The van der Waals surface area contributed by atoms with Crippen LogP contribution in [0.25, 0.3) is 11.5 Å². The van der Waals surface area contributed by atoms with Gasteiger partial charge in [0.05, 0.1) is 0 Å². The van der Waals surface area contributed by atoms with Gasteiger partial charge in [0.1, 0.15) is 23.0 Å². The fourth-order valence-corrected chi connectivity index (χ4v) is 2.60. The van der Waals surface area contributed by atoms with Gasteiger partial charge in [-0.25, -0.2) is 15.0 Å². The normalized spacial score (nSPS) is 17.2. The molecule has 0 atom stereocenters. The summed E-state index contributed by atoms with van der Waals surface area (Å²) in [4.78, 5) is 12.5. The molecule has 2 aliphatic rings. The van der Waals surface area contributed by atoms with Crippen molar-refractivity contribution in [3.63, 3.8) is 0 Å². The Labute approximate surface area is 149 Å². The Morgan fingerprint density at radius 1 is 0.885 bits per heavy atom. The number of aromatic nitrogens is 3. The fourth-order valence-electron chi connectivity index (χ4n) is 2.60. The summed E-state index contributed by atoms with van der Waals surface area (Å²) in [5, 5.41) is 6.53. The van der Waals surface area contributed by atoms with Crippen LogP contribution in [0.2, 0.25) is 0 Å². The topological polar surface area (TPSA) is 62.7 Å². The highest BCUT2D eigenvalue weighted by atomic mass is 19.4. The van der Waals surface area contributed by atoms with Crippen LogP contribution >= 0.6 is 0 Å². The molecule has 2 aromatic heterocycles. The van der Waals surface area contributed by atoms with E-state index in [9.17, 15) is 13.2 Å². The molecule has 4 rings (SSSR count). The molecule has 0 unspecified atom stereocenters. The van der Waals surface area contributed by atoms with Crippen LogP contribution in [0.3, 0.4) is 0 Å². The lowest BCUT2D eigenvalue weighted by Crippen LogP contribution is -2.11. The van der Waals surface area contributed by atoms with E-state index in [1.54, 1.807) is 0 Å². The van der Waals surface area contributed by atoms with E-state index in [1.165, 1.54) is 37.8 Å². The number of hydrogen-bond acceptors (Lipinski definition) is 5. The Morgan fingerprint density at radius 3 is 1.96 bits per heavy atom. The van der Waals surface area contributed by atoms with Gasteiger partial charge >= 0.3 is 6.18 Å². The van der Waals surface area contributed by atoms with E-state index in [1.807, 2.05) is 6.07 Å². The summed E-state index contributed by atoms with van der Waals surface area (Å²) in [6.07, 6.45) is 0.310. The van der Waals surface area contributed by atoms with Gasteiger partial charge in [0.2, 0.25) is 0 Å². The molecule has 138 valence electrons. The zero-order valence-electron chi connectivity index (χ0n) is 14.2. The molecule has 0 bridgehead atoms. The molecule has 0 spiro atoms. The molecule has 26 heavy (non-hydrogen) atoms. The third kappa shape index (κ3) is 4.42. The van der Waals surface area contributed by atoms with E-state index in [0.717, 1.165) is 19.2 Å². The van der Waals surface area contributed by atoms with Gasteiger partial charge in [-0.05, 0) is 49.7 Å². The molecule has 2 aliphatic carbocycles. The van der Waals surface area contributed by atoms with Crippen molar-refractivity contribution in [2.24, 2.45) is 11.8 Å². The van der Waals surface area contributed by atoms with Gasteiger partial charge in [-0.3, -0.25) is 0 Å². The van der Waals surface area contributed by atoms with Crippen LogP contribution in [0.15, 0.2) is 24.3 Å². The molecule has 0 saturated heterocycles. The number of hydrogen-bond donors (Lipinski definition) is 2. The number of alkyl halides is 3. The first-order chi connectivity index (χ1) is 12.5. The maximum Gasteiger partial charge on any atom is 0.433 e. The van der Waals surface area contributed by atoms with Crippen LogP contribution in [0.1, 0.15) is 31.4 Å². The maximum absolute atomic E-state index is 12.9. The first-order valence-electron chi connectivity index (χ1n) is 8.89. The molecule has 2 fully saturated rings. The second-order valence-corrected chi connectivity index (χ2v) is 7.02. The van der Waals surface area contributed by atoms with Crippen molar-refractivity contribution < 1.29 is 13.2 Å². The van der Waals surface area contributed by atoms with Gasteiger partial charge < -0.3 is 10.6 Å². The monoisotopic (exact) mass is 363 g/mol. The summed E-state index contributed by atoms with van der Waals surface area (Å²) >= 11 is 0. The van der Waals surface area contributed by atoms with Crippen molar-refractivity contribution >= 4 is 11.6 Å². The van der Waals surface area contributed by atoms with E-state index in [0.29, 0.717) is 23.5 Å². The van der Waals surface area contributed by atoms with Crippen LogP contribution in [-0.4, -0.2) is 28.0 Å². The predicted octanol–water partition coefficient (Wildman–Crippen LogP) is 4.20. The Morgan fingerprint density at radius 2 is 1.46 bits per heavy atom. The van der Waals surface area contributed by atoms with Crippen LogP contribution in [0.4, 0.5) is 24.8 Å². The number of pyridine rings is 1. The maximum atomic E-state index is 12.9. The van der Waals surface area contributed by atoms with Gasteiger partial charge in [-0.2, -0.15) is 13.2 Å². The average molecular weight is 363 g/mol. The quantitative estimate of drug-likeness (QED) is 0.772. The first kappa shape index (κ1) is 17.1. The van der Waals surface area contributed by atoms with Crippen molar-refractivity contribution in [2.45, 2.75) is 31.9 Å². The van der Waals surface area contributed by atoms with Gasteiger partial charge in [0.15, 0.2) is 5.82 Å². The zero-order chi connectivity index (χ0) is 18.1. The summed E-state index contributed by atoms with van der Waals surface area (Å²) in [7, 11) is 0. The Bertz CT molecular complexity index is 750. The molecule has 0 radical (unpaired) electrons. The van der Waals surface area contributed by atoms with Crippen LogP contribution in [0.5, 0.6) is 0 Å². The molecule has 2 aromatic rings. The van der Waals surface area contributed by atoms with Crippen LogP contribution < -0.4 is 10.6 Å². The zero-order valence-corrected chi connectivity index (χ0v) is 14.2. The Balaban J connectivity index is 1.61. The van der Waals surface area contributed by atoms with E-state index < -0.39 is 11.9 Å². The smallest absolute Gasteiger partial charge is 0.370 e. The molecule has 2 heterocycles.